The SMILES string of the molecule is CC1CCN(Cc2ccc(C(F)(F)F)cc2)C1. The van der Waals surface area contributed by atoms with Crippen molar-refractivity contribution in [3.63, 3.8) is 0 Å². The Morgan fingerprint density at radius 3 is 2.35 bits per heavy atom. The second kappa shape index (κ2) is 4.69. The molecule has 1 nitrogen and oxygen atoms in total. The third-order valence-electron chi connectivity index (χ3n) is 3.20. The fraction of sp³-hybridized carbons (Fsp3) is 0.538. The number of benzene rings is 1. The Labute approximate surface area is 99.2 Å². The molecule has 4 heteroatoms. The normalized spacial score (nSPS) is 22.0. The number of nitrogens with zero attached hydrogens (tertiary/aromatic N) is 1. The van der Waals surface area contributed by atoms with Crippen LogP contribution in [-0.4, -0.2) is 18.0 Å². The van der Waals surface area contributed by atoms with E-state index >= 15 is 0 Å². The van der Waals surface area contributed by atoms with E-state index in [0.29, 0.717) is 5.92 Å². The lowest BCUT2D eigenvalue weighted by atomic mass is 10.1. The molecule has 1 atom stereocenters. The van der Waals surface area contributed by atoms with Crippen LogP contribution in [0.5, 0.6) is 0 Å². The van der Waals surface area contributed by atoms with Gasteiger partial charge < -0.3 is 0 Å². The van der Waals surface area contributed by atoms with Crippen LogP contribution < -0.4 is 0 Å². The molecule has 0 amide bonds. The Kier molecular flexibility index (Phi) is 3.43. The lowest BCUT2D eigenvalue weighted by molar-refractivity contribution is -0.137. The highest BCUT2D eigenvalue weighted by atomic mass is 19.4. The predicted molar refractivity (Wildman–Crippen MR) is 60.5 cm³/mol. The third-order valence-corrected chi connectivity index (χ3v) is 3.20. The van der Waals surface area contributed by atoms with Crippen molar-refractivity contribution < 1.29 is 13.2 Å². The summed E-state index contributed by atoms with van der Waals surface area (Å²) in [5.41, 5.74) is 0.378. The van der Waals surface area contributed by atoms with E-state index in [9.17, 15) is 13.2 Å². The highest BCUT2D eigenvalue weighted by Crippen LogP contribution is 2.29. The molecule has 0 aliphatic carbocycles. The van der Waals surface area contributed by atoms with Gasteiger partial charge >= 0.3 is 6.18 Å². The molecule has 17 heavy (non-hydrogen) atoms. The van der Waals surface area contributed by atoms with Crippen molar-refractivity contribution in [1.82, 2.24) is 4.90 Å². The van der Waals surface area contributed by atoms with Gasteiger partial charge in [0.25, 0.3) is 0 Å². The molecule has 0 bridgehead atoms. The van der Waals surface area contributed by atoms with Gasteiger partial charge in [0.05, 0.1) is 5.56 Å². The molecule has 1 saturated heterocycles. The summed E-state index contributed by atoms with van der Waals surface area (Å²) in [5.74, 6) is 0.699. The van der Waals surface area contributed by atoms with Crippen LogP contribution in [0.2, 0.25) is 0 Å². The van der Waals surface area contributed by atoms with E-state index < -0.39 is 11.7 Å². The molecule has 1 aliphatic rings. The molecule has 2 rings (SSSR count). The molecule has 1 unspecified atom stereocenters. The zero-order valence-corrected chi connectivity index (χ0v) is 9.80. The highest BCUT2D eigenvalue weighted by molar-refractivity contribution is 5.24. The second-order valence-corrected chi connectivity index (χ2v) is 4.82. The summed E-state index contributed by atoms with van der Waals surface area (Å²) in [6.07, 6.45) is -3.05. The van der Waals surface area contributed by atoms with Crippen LogP contribution in [0.1, 0.15) is 24.5 Å². The quantitative estimate of drug-likeness (QED) is 0.767. The van der Waals surface area contributed by atoms with E-state index in [1.165, 1.54) is 6.42 Å². The molecule has 0 radical (unpaired) electrons. The van der Waals surface area contributed by atoms with Gasteiger partial charge in [0, 0.05) is 13.1 Å². The van der Waals surface area contributed by atoms with Crippen LogP contribution in [0.3, 0.4) is 0 Å². The average molecular weight is 243 g/mol. The van der Waals surface area contributed by atoms with E-state index in [1.54, 1.807) is 12.1 Å². The molecule has 1 aromatic carbocycles. The summed E-state index contributed by atoms with van der Waals surface area (Å²) in [5, 5.41) is 0. The highest BCUT2D eigenvalue weighted by Gasteiger charge is 2.30. The van der Waals surface area contributed by atoms with Crippen molar-refractivity contribution in [3.05, 3.63) is 35.4 Å². The Morgan fingerprint density at radius 2 is 1.88 bits per heavy atom. The molecule has 1 heterocycles. The van der Waals surface area contributed by atoms with Gasteiger partial charge in [-0.15, -0.1) is 0 Å². The first-order valence-electron chi connectivity index (χ1n) is 5.83. The zero-order chi connectivity index (χ0) is 12.5. The molecule has 0 saturated carbocycles. The summed E-state index contributed by atoms with van der Waals surface area (Å²) < 4.78 is 37.1. The maximum Gasteiger partial charge on any atom is 0.416 e. The van der Waals surface area contributed by atoms with Gasteiger partial charge in [-0.05, 0) is 36.6 Å². The maximum absolute atomic E-state index is 12.4. The predicted octanol–water partition coefficient (Wildman–Crippen LogP) is 3.55. The number of halogens is 3. The Bertz CT molecular complexity index is 369. The Balaban J connectivity index is 1.99. The summed E-state index contributed by atoms with van der Waals surface area (Å²) in [7, 11) is 0. The van der Waals surface area contributed by atoms with Gasteiger partial charge in [0.1, 0.15) is 0 Å². The number of likely N-dealkylation sites (tertiary alicyclic amines) is 1. The van der Waals surface area contributed by atoms with Gasteiger partial charge in [-0.25, -0.2) is 0 Å². The molecule has 1 aromatic rings. The molecular formula is C13H16F3N. The van der Waals surface area contributed by atoms with Crippen LogP contribution in [-0.2, 0) is 12.7 Å². The first kappa shape index (κ1) is 12.4. The molecule has 0 aromatic heterocycles. The van der Waals surface area contributed by atoms with Gasteiger partial charge in [-0.3, -0.25) is 4.90 Å². The minimum atomic E-state index is -4.24. The van der Waals surface area contributed by atoms with E-state index in [0.717, 1.165) is 37.3 Å². The van der Waals surface area contributed by atoms with E-state index in [-0.39, 0.29) is 0 Å². The summed E-state index contributed by atoms with van der Waals surface area (Å²) in [6.45, 7) is 5.04. The summed E-state index contributed by atoms with van der Waals surface area (Å²) in [6, 6.07) is 5.47. The monoisotopic (exact) mass is 243 g/mol. The summed E-state index contributed by atoms with van der Waals surface area (Å²) >= 11 is 0. The number of rotatable bonds is 2. The second-order valence-electron chi connectivity index (χ2n) is 4.82. The topological polar surface area (TPSA) is 3.24 Å². The van der Waals surface area contributed by atoms with E-state index in [4.69, 9.17) is 0 Å². The molecule has 0 spiro atoms. The Morgan fingerprint density at radius 1 is 1.24 bits per heavy atom. The van der Waals surface area contributed by atoms with E-state index in [1.807, 2.05) is 0 Å². The molecular weight excluding hydrogens is 227 g/mol. The number of hydrogen-bond acceptors (Lipinski definition) is 1. The van der Waals surface area contributed by atoms with Gasteiger partial charge in [-0.1, -0.05) is 19.1 Å². The first-order valence-corrected chi connectivity index (χ1v) is 5.83. The molecule has 94 valence electrons. The largest absolute Gasteiger partial charge is 0.416 e. The zero-order valence-electron chi connectivity index (χ0n) is 9.80. The number of hydrogen-bond donors (Lipinski definition) is 0. The van der Waals surface area contributed by atoms with E-state index in [2.05, 4.69) is 11.8 Å². The number of alkyl halides is 3. The Hall–Kier alpha value is -1.03. The van der Waals surface area contributed by atoms with Crippen LogP contribution >= 0.6 is 0 Å². The molecule has 1 fully saturated rings. The van der Waals surface area contributed by atoms with Crippen LogP contribution in [0.4, 0.5) is 13.2 Å². The van der Waals surface area contributed by atoms with Gasteiger partial charge in [0.2, 0.25) is 0 Å². The van der Waals surface area contributed by atoms with Gasteiger partial charge in [-0.2, -0.15) is 13.2 Å². The van der Waals surface area contributed by atoms with Crippen molar-refractivity contribution in [2.24, 2.45) is 5.92 Å². The van der Waals surface area contributed by atoms with Crippen LogP contribution in [0, 0.1) is 5.92 Å². The third kappa shape index (κ3) is 3.22. The van der Waals surface area contributed by atoms with Gasteiger partial charge in [0.15, 0.2) is 0 Å². The van der Waals surface area contributed by atoms with Crippen LogP contribution in [0.25, 0.3) is 0 Å². The van der Waals surface area contributed by atoms with Crippen molar-refractivity contribution in [2.75, 3.05) is 13.1 Å². The van der Waals surface area contributed by atoms with Crippen molar-refractivity contribution in [1.29, 1.82) is 0 Å². The van der Waals surface area contributed by atoms with Crippen molar-refractivity contribution in [3.8, 4) is 0 Å². The fourth-order valence-electron chi connectivity index (χ4n) is 2.23. The molecule has 1 aliphatic heterocycles. The lowest BCUT2D eigenvalue weighted by Crippen LogP contribution is -2.19. The van der Waals surface area contributed by atoms with Crippen LogP contribution in [0.15, 0.2) is 24.3 Å². The van der Waals surface area contributed by atoms with Crippen molar-refractivity contribution in [2.45, 2.75) is 26.1 Å². The fourth-order valence-corrected chi connectivity index (χ4v) is 2.23. The van der Waals surface area contributed by atoms with Crippen molar-refractivity contribution >= 4 is 0 Å². The minimum absolute atomic E-state index is 0.573. The lowest BCUT2D eigenvalue weighted by Gasteiger charge is -2.15. The standard InChI is InChI=1S/C13H16F3N/c1-10-6-7-17(8-10)9-11-2-4-12(5-3-11)13(14,15)16/h2-5,10H,6-9H2,1H3. The maximum atomic E-state index is 12.4. The summed E-state index contributed by atoms with van der Waals surface area (Å²) in [4.78, 5) is 2.28. The average Bonchev–Trinajstić information content (AvgIpc) is 2.63. The smallest absolute Gasteiger partial charge is 0.299 e. The molecule has 0 N–H and O–H groups in total. The first-order chi connectivity index (χ1) is 7.95. The minimum Gasteiger partial charge on any atom is -0.299 e.